The SMILES string of the molecule is COc1ccc2[nH]cc(CCN3C[C@H](C(=O)Nc4ccc(C)cc4)CC3=O)c2c1. The van der Waals surface area contributed by atoms with Gasteiger partial charge < -0.3 is 19.9 Å². The van der Waals surface area contributed by atoms with Gasteiger partial charge >= 0.3 is 0 Å². The van der Waals surface area contributed by atoms with Crippen molar-refractivity contribution in [3.63, 3.8) is 0 Å². The second-order valence-corrected chi connectivity index (χ2v) is 7.57. The van der Waals surface area contributed by atoms with Crippen LogP contribution in [0.15, 0.2) is 48.7 Å². The number of aryl methyl sites for hydroxylation is 1. The Morgan fingerprint density at radius 2 is 2.03 bits per heavy atom. The average Bonchev–Trinajstić information content (AvgIpc) is 3.30. The van der Waals surface area contributed by atoms with Crippen LogP contribution >= 0.6 is 0 Å². The van der Waals surface area contributed by atoms with Gasteiger partial charge in [-0.2, -0.15) is 0 Å². The molecule has 6 heteroatoms. The van der Waals surface area contributed by atoms with Gasteiger partial charge in [-0.3, -0.25) is 9.59 Å². The number of aromatic amines is 1. The molecule has 1 aliphatic heterocycles. The van der Waals surface area contributed by atoms with E-state index in [0.717, 1.165) is 39.9 Å². The van der Waals surface area contributed by atoms with Crippen LogP contribution in [0.5, 0.6) is 5.75 Å². The number of nitrogens with one attached hydrogen (secondary N) is 2. The van der Waals surface area contributed by atoms with E-state index in [1.807, 2.05) is 55.6 Å². The van der Waals surface area contributed by atoms with Gasteiger partial charge in [0.1, 0.15) is 5.75 Å². The van der Waals surface area contributed by atoms with E-state index in [-0.39, 0.29) is 24.2 Å². The van der Waals surface area contributed by atoms with Gasteiger partial charge in [0, 0.05) is 42.3 Å². The Labute approximate surface area is 169 Å². The Morgan fingerprint density at radius 1 is 1.24 bits per heavy atom. The molecule has 2 amide bonds. The maximum Gasteiger partial charge on any atom is 0.229 e. The van der Waals surface area contributed by atoms with Crippen molar-refractivity contribution in [2.45, 2.75) is 19.8 Å². The zero-order chi connectivity index (χ0) is 20.4. The van der Waals surface area contributed by atoms with Gasteiger partial charge in [0.05, 0.1) is 13.0 Å². The number of amides is 2. The van der Waals surface area contributed by atoms with Crippen molar-refractivity contribution >= 4 is 28.4 Å². The van der Waals surface area contributed by atoms with Crippen LogP contribution in [-0.4, -0.2) is 41.9 Å². The van der Waals surface area contributed by atoms with Gasteiger partial charge in [0.15, 0.2) is 0 Å². The number of H-pyrrole nitrogens is 1. The second kappa shape index (κ2) is 7.99. The third-order valence-electron chi connectivity index (χ3n) is 5.53. The molecule has 0 aliphatic carbocycles. The smallest absolute Gasteiger partial charge is 0.229 e. The molecule has 1 aliphatic rings. The lowest BCUT2D eigenvalue weighted by atomic mass is 10.1. The number of rotatable bonds is 6. The number of aromatic nitrogens is 1. The minimum atomic E-state index is -0.313. The molecule has 2 heterocycles. The third-order valence-corrected chi connectivity index (χ3v) is 5.53. The van der Waals surface area contributed by atoms with Crippen LogP contribution in [0.1, 0.15) is 17.5 Å². The summed E-state index contributed by atoms with van der Waals surface area (Å²) in [4.78, 5) is 30.0. The molecule has 150 valence electrons. The van der Waals surface area contributed by atoms with Crippen molar-refractivity contribution in [1.29, 1.82) is 0 Å². The molecule has 0 bridgehead atoms. The van der Waals surface area contributed by atoms with Crippen LogP contribution in [0.2, 0.25) is 0 Å². The summed E-state index contributed by atoms with van der Waals surface area (Å²) in [5.74, 6) is 0.434. The van der Waals surface area contributed by atoms with Gasteiger partial charge in [-0.05, 0) is 49.2 Å². The highest BCUT2D eigenvalue weighted by atomic mass is 16.5. The van der Waals surface area contributed by atoms with Crippen LogP contribution in [0.25, 0.3) is 10.9 Å². The first-order chi connectivity index (χ1) is 14.0. The summed E-state index contributed by atoms with van der Waals surface area (Å²) in [6, 6.07) is 13.6. The highest BCUT2D eigenvalue weighted by molar-refractivity contribution is 5.97. The topological polar surface area (TPSA) is 74.4 Å². The largest absolute Gasteiger partial charge is 0.497 e. The number of fused-ring (bicyclic) bond motifs is 1. The van der Waals surface area contributed by atoms with Crippen LogP contribution < -0.4 is 10.1 Å². The molecule has 4 rings (SSSR count). The van der Waals surface area contributed by atoms with Gasteiger partial charge in [0.2, 0.25) is 11.8 Å². The standard InChI is InChI=1S/C23H25N3O3/c1-15-3-5-18(6-4-15)25-23(28)17-11-22(27)26(14-17)10-9-16-13-24-21-8-7-19(29-2)12-20(16)21/h3-8,12-13,17,24H,9-11,14H2,1-2H3,(H,25,28)/t17-/m1/s1. The highest BCUT2D eigenvalue weighted by Gasteiger charge is 2.34. The summed E-state index contributed by atoms with van der Waals surface area (Å²) >= 11 is 0. The lowest BCUT2D eigenvalue weighted by molar-refractivity contribution is -0.128. The number of hydrogen-bond acceptors (Lipinski definition) is 3. The summed E-state index contributed by atoms with van der Waals surface area (Å²) in [5.41, 5.74) is 4.09. The summed E-state index contributed by atoms with van der Waals surface area (Å²) < 4.78 is 5.31. The van der Waals surface area contributed by atoms with Crippen LogP contribution in [0.4, 0.5) is 5.69 Å². The fraction of sp³-hybridized carbons (Fsp3) is 0.304. The van der Waals surface area contributed by atoms with E-state index in [1.54, 1.807) is 12.0 Å². The third kappa shape index (κ3) is 4.11. The van der Waals surface area contributed by atoms with Gasteiger partial charge in [-0.1, -0.05) is 17.7 Å². The fourth-order valence-corrected chi connectivity index (χ4v) is 3.79. The number of carbonyl (C=O) groups excluding carboxylic acids is 2. The van der Waals surface area contributed by atoms with E-state index >= 15 is 0 Å². The molecule has 1 saturated heterocycles. The minimum Gasteiger partial charge on any atom is -0.497 e. The Balaban J connectivity index is 1.37. The normalized spacial score (nSPS) is 16.4. The van der Waals surface area contributed by atoms with Crippen molar-refractivity contribution in [3.05, 3.63) is 59.8 Å². The lowest BCUT2D eigenvalue weighted by Crippen LogP contribution is -2.30. The van der Waals surface area contributed by atoms with Crippen molar-refractivity contribution < 1.29 is 14.3 Å². The first-order valence-electron chi connectivity index (χ1n) is 9.83. The molecule has 3 aromatic rings. The Kier molecular flexibility index (Phi) is 5.25. The first-order valence-corrected chi connectivity index (χ1v) is 9.83. The van der Waals surface area contributed by atoms with Crippen LogP contribution in [0.3, 0.4) is 0 Å². The number of carbonyl (C=O) groups is 2. The quantitative estimate of drug-likeness (QED) is 0.675. The highest BCUT2D eigenvalue weighted by Crippen LogP contribution is 2.25. The molecular formula is C23H25N3O3. The predicted molar refractivity (Wildman–Crippen MR) is 113 cm³/mol. The van der Waals surface area contributed by atoms with E-state index in [9.17, 15) is 9.59 Å². The molecule has 29 heavy (non-hydrogen) atoms. The molecule has 1 aromatic heterocycles. The molecule has 0 saturated carbocycles. The Hall–Kier alpha value is -3.28. The number of hydrogen-bond donors (Lipinski definition) is 2. The molecule has 0 spiro atoms. The zero-order valence-electron chi connectivity index (χ0n) is 16.7. The minimum absolute atomic E-state index is 0.0338. The molecule has 0 radical (unpaired) electrons. The van der Waals surface area contributed by atoms with E-state index in [4.69, 9.17) is 4.74 Å². The summed E-state index contributed by atoms with van der Waals surface area (Å²) in [6.07, 6.45) is 2.97. The number of benzene rings is 2. The molecule has 1 atom stereocenters. The van der Waals surface area contributed by atoms with Crippen molar-refractivity contribution in [2.75, 3.05) is 25.5 Å². The molecule has 0 unspecified atom stereocenters. The van der Waals surface area contributed by atoms with Gasteiger partial charge in [-0.25, -0.2) is 0 Å². The molecule has 6 nitrogen and oxygen atoms in total. The predicted octanol–water partition coefficient (Wildman–Crippen LogP) is 3.51. The van der Waals surface area contributed by atoms with Crippen LogP contribution in [0, 0.1) is 12.8 Å². The monoisotopic (exact) mass is 391 g/mol. The van der Waals surface area contributed by atoms with Crippen molar-refractivity contribution in [2.24, 2.45) is 5.92 Å². The summed E-state index contributed by atoms with van der Waals surface area (Å²) in [5, 5.41) is 4.02. The lowest BCUT2D eigenvalue weighted by Gasteiger charge is -2.16. The first kappa shape index (κ1) is 19.1. The number of nitrogens with zero attached hydrogens (tertiary/aromatic N) is 1. The van der Waals surface area contributed by atoms with Gasteiger partial charge in [0.25, 0.3) is 0 Å². The summed E-state index contributed by atoms with van der Waals surface area (Å²) in [7, 11) is 1.65. The number of likely N-dealkylation sites (tertiary alicyclic amines) is 1. The van der Waals surface area contributed by atoms with Gasteiger partial charge in [-0.15, -0.1) is 0 Å². The summed E-state index contributed by atoms with van der Waals surface area (Å²) in [6.45, 7) is 3.06. The fourth-order valence-electron chi connectivity index (χ4n) is 3.79. The molecule has 2 N–H and O–H groups in total. The second-order valence-electron chi connectivity index (χ2n) is 7.57. The number of anilines is 1. The average molecular weight is 391 g/mol. The molecular weight excluding hydrogens is 366 g/mol. The Bertz CT molecular complexity index is 1040. The van der Waals surface area contributed by atoms with E-state index < -0.39 is 0 Å². The van der Waals surface area contributed by atoms with Crippen molar-refractivity contribution in [1.82, 2.24) is 9.88 Å². The zero-order valence-corrected chi connectivity index (χ0v) is 16.7. The van der Waals surface area contributed by atoms with Crippen molar-refractivity contribution in [3.8, 4) is 5.75 Å². The number of methoxy groups -OCH3 is 1. The van der Waals surface area contributed by atoms with E-state index in [0.29, 0.717) is 13.1 Å². The molecule has 2 aromatic carbocycles. The maximum atomic E-state index is 12.6. The Morgan fingerprint density at radius 3 is 2.79 bits per heavy atom. The maximum absolute atomic E-state index is 12.6. The van der Waals surface area contributed by atoms with E-state index in [2.05, 4.69) is 10.3 Å². The number of ether oxygens (including phenoxy) is 1. The van der Waals surface area contributed by atoms with Crippen LogP contribution in [-0.2, 0) is 16.0 Å². The van der Waals surface area contributed by atoms with E-state index in [1.165, 1.54) is 0 Å². The molecule has 1 fully saturated rings.